The molecule has 0 aliphatic heterocycles. The molecule has 0 fully saturated rings. The number of hydrogen-bond donors (Lipinski definition) is 1. The van der Waals surface area contributed by atoms with Crippen molar-refractivity contribution in [2.24, 2.45) is 11.8 Å². The van der Waals surface area contributed by atoms with Gasteiger partial charge in [0.2, 0.25) is 0 Å². The van der Waals surface area contributed by atoms with Crippen LogP contribution in [0.3, 0.4) is 0 Å². The van der Waals surface area contributed by atoms with Crippen LogP contribution in [0.15, 0.2) is 27.4 Å². The number of carbonyl (C=O) groups is 1. The van der Waals surface area contributed by atoms with E-state index < -0.39 is 14.0 Å². The molecule has 0 saturated heterocycles. The van der Waals surface area contributed by atoms with Gasteiger partial charge in [-0.25, -0.2) is 4.79 Å². The first-order valence-electron chi connectivity index (χ1n) is 9.53. The van der Waals surface area contributed by atoms with Crippen molar-refractivity contribution in [2.75, 3.05) is 6.61 Å². The number of aldehydes is 1. The van der Waals surface area contributed by atoms with Crippen LogP contribution in [0.25, 0.3) is 0 Å². The Morgan fingerprint density at radius 1 is 1.37 bits per heavy atom. The van der Waals surface area contributed by atoms with Crippen LogP contribution in [0.1, 0.15) is 45.7 Å². The Hall–Kier alpha value is -1.73. The fraction of sp³-hybridized carbons (Fsp3) is 0.650. The summed E-state index contributed by atoms with van der Waals surface area (Å²) in [5.41, 5.74) is 0.317. The number of nitrogens with zero attached hydrogens (tertiary/aromatic N) is 1. The SMILES string of the molecule is Cc1cn([C@@H]2C=C(C=O)[C@H](CO[Si](C)(C)C(C)(C)C(C)C)C2)c(=O)[nH]c1=O. The second kappa shape index (κ2) is 7.71. The minimum absolute atomic E-state index is 0.0404. The number of rotatable bonds is 7. The van der Waals surface area contributed by atoms with Crippen molar-refractivity contribution in [3.63, 3.8) is 0 Å². The zero-order valence-corrected chi connectivity index (χ0v) is 18.5. The molecule has 1 N–H and O–H groups in total. The van der Waals surface area contributed by atoms with E-state index in [0.29, 0.717) is 30.1 Å². The van der Waals surface area contributed by atoms with Crippen molar-refractivity contribution < 1.29 is 9.22 Å². The van der Waals surface area contributed by atoms with Gasteiger partial charge in [-0.2, -0.15) is 0 Å². The van der Waals surface area contributed by atoms with Crippen LogP contribution in [0.5, 0.6) is 0 Å². The lowest BCUT2D eigenvalue weighted by Gasteiger charge is -2.43. The van der Waals surface area contributed by atoms with Gasteiger partial charge in [0.15, 0.2) is 8.32 Å². The van der Waals surface area contributed by atoms with Gasteiger partial charge >= 0.3 is 5.69 Å². The molecule has 1 aliphatic rings. The van der Waals surface area contributed by atoms with Crippen LogP contribution in [-0.4, -0.2) is 30.8 Å². The van der Waals surface area contributed by atoms with E-state index in [1.165, 1.54) is 4.57 Å². The molecule has 27 heavy (non-hydrogen) atoms. The van der Waals surface area contributed by atoms with Crippen LogP contribution in [0.2, 0.25) is 18.1 Å². The van der Waals surface area contributed by atoms with E-state index in [2.05, 4.69) is 45.8 Å². The molecule has 2 atom stereocenters. The third-order valence-corrected chi connectivity index (χ3v) is 11.2. The zero-order valence-electron chi connectivity index (χ0n) is 17.5. The number of nitrogens with one attached hydrogen (secondary N) is 1. The third-order valence-electron chi connectivity index (χ3n) is 6.66. The smallest absolute Gasteiger partial charge is 0.328 e. The van der Waals surface area contributed by atoms with Crippen molar-refractivity contribution in [1.29, 1.82) is 0 Å². The Bertz CT molecular complexity index is 848. The lowest BCUT2D eigenvalue weighted by Crippen LogP contribution is -2.46. The van der Waals surface area contributed by atoms with E-state index in [0.717, 1.165) is 6.29 Å². The van der Waals surface area contributed by atoms with E-state index in [-0.39, 0.29) is 22.6 Å². The summed E-state index contributed by atoms with van der Waals surface area (Å²) in [5.74, 6) is 0.459. The Balaban J connectivity index is 2.19. The molecule has 7 heteroatoms. The second-order valence-corrected chi connectivity index (χ2v) is 13.6. The van der Waals surface area contributed by atoms with Gasteiger partial charge in [0.05, 0.1) is 6.04 Å². The molecule has 2 rings (SSSR count). The number of carbonyl (C=O) groups excluding carboxylic acids is 1. The Kier molecular flexibility index (Phi) is 6.16. The molecule has 6 nitrogen and oxygen atoms in total. The predicted octanol–water partition coefficient (Wildman–Crippen LogP) is 3.19. The average Bonchev–Trinajstić information content (AvgIpc) is 2.99. The van der Waals surface area contributed by atoms with Crippen LogP contribution in [0, 0.1) is 18.8 Å². The quantitative estimate of drug-likeness (QED) is 0.571. The van der Waals surface area contributed by atoms with Crippen LogP contribution in [0.4, 0.5) is 0 Å². The van der Waals surface area contributed by atoms with E-state index in [9.17, 15) is 14.4 Å². The molecule has 0 aromatic carbocycles. The van der Waals surface area contributed by atoms with Gasteiger partial charge in [-0.05, 0) is 43.0 Å². The maximum Gasteiger partial charge on any atom is 0.328 e. The van der Waals surface area contributed by atoms with Crippen molar-refractivity contribution in [3.05, 3.63) is 44.2 Å². The molecule has 150 valence electrons. The van der Waals surface area contributed by atoms with Gasteiger partial charge < -0.3 is 4.43 Å². The monoisotopic (exact) mass is 392 g/mol. The highest BCUT2D eigenvalue weighted by atomic mass is 28.4. The van der Waals surface area contributed by atoms with Crippen LogP contribution < -0.4 is 11.2 Å². The summed E-state index contributed by atoms with van der Waals surface area (Å²) >= 11 is 0. The fourth-order valence-corrected chi connectivity index (χ4v) is 5.75. The molecule has 0 unspecified atom stereocenters. The van der Waals surface area contributed by atoms with Gasteiger partial charge in [-0.3, -0.25) is 19.1 Å². The highest BCUT2D eigenvalue weighted by molar-refractivity contribution is 6.74. The summed E-state index contributed by atoms with van der Waals surface area (Å²) in [6.07, 6.45) is 4.86. The summed E-state index contributed by atoms with van der Waals surface area (Å²) in [5, 5.41) is 0.100. The first-order valence-corrected chi connectivity index (χ1v) is 12.4. The topological polar surface area (TPSA) is 81.2 Å². The van der Waals surface area contributed by atoms with E-state index >= 15 is 0 Å². The Labute approximate surface area is 161 Å². The summed E-state index contributed by atoms with van der Waals surface area (Å²) in [6, 6.07) is -0.246. The standard InChI is InChI=1S/C20H32N2O4Si/c1-13(2)20(4,5)27(6,7)26-12-16-9-17(8-15(16)11-23)22-10-14(3)18(24)21-19(22)25/h8,10-11,13,16-17H,9,12H2,1-7H3,(H,21,24,25)/t16-,17+/m0/s1. The van der Waals surface area contributed by atoms with Crippen molar-refractivity contribution in [3.8, 4) is 0 Å². The minimum Gasteiger partial charge on any atom is -0.416 e. The van der Waals surface area contributed by atoms with Crippen molar-refractivity contribution in [1.82, 2.24) is 9.55 Å². The van der Waals surface area contributed by atoms with Gasteiger partial charge in [0.25, 0.3) is 5.56 Å². The van der Waals surface area contributed by atoms with Gasteiger partial charge in [-0.15, -0.1) is 0 Å². The maximum absolute atomic E-state index is 12.2. The second-order valence-electron chi connectivity index (χ2n) is 8.96. The molecule has 1 heterocycles. The molecule has 0 saturated carbocycles. The largest absolute Gasteiger partial charge is 0.416 e. The molecule has 1 aromatic rings. The summed E-state index contributed by atoms with van der Waals surface area (Å²) in [7, 11) is -1.99. The van der Waals surface area contributed by atoms with Crippen LogP contribution >= 0.6 is 0 Å². The van der Waals surface area contributed by atoms with Crippen molar-refractivity contribution >= 4 is 14.6 Å². The number of hydrogen-bond acceptors (Lipinski definition) is 4. The van der Waals surface area contributed by atoms with Gasteiger partial charge in [0, 0.05) is 24.3 Å². The van der Waals surface area contributed by atoms with E-state index in [1.807, 2.05) is 6.08 Å². The maximum atomic E-state index is 12.2. The molecular formula is C20H32N2O4Si. The molecular weight excluding hydrogens is 360 g/mol. The fourth-order valence-electron chi connectivity index (χ4n) is 3.37. The summed E-state index contributed by atoms with van der Waals surface area (Å²) in [6.45, 7) is 15.5. The van der Waals surface area contributed by atoms with E-state index in [1.54, 1.807) is 13.1 Å². The molecule has 0 radical (unpaired) electrons. The zero-order chi connectivity index (χ0) is 20.6. The molecule has 1 aromatic heterocycles. The molecule has 0 spiro atoms. The summed E-state index contributed by atoms with van der Waals surface area (Å²) < 4.78 is 7.92. The highest BCUT2D eigenvalue weighted by Gasteiger charge is 2.44. The lowest BCUT2D eigenvalue weighted by atomic mass is 9.99. The molecule has 0 amide bonds. The first-order chi connectivity index (χ1) is 12.4. The first kappa shape index (κ1) is 21.6. The number of allylic oxidation sites excluding steroid dienone is 1. The average molecular weight is 393 g/mol. The molecule has 0 bridgehead atoms. The van der Waals surface area contributed by atoms with Gasteiger partial charge in [-0.1, -0.05) is 33.8 Å². The third kappa shape index (κ3) is 4.24. The predicted molar refractivity (Wildman–Crippen MR) is 110 cm³/mol. The number of aromatic nitrogens is 2. The summed E-state index contributed by atoms with van der Waals surface area (Å²) in [4.78, 5) is 37.7. The number of aryl methyl sites for hydroxylation is 1. The Morgan fingerprint density at radius 3 is 2.56 bits per heavy atom. The van der Waals surface area contributed by atoms with Gasteiger partial charge in [0.1, 0.15) is 6.29 Å². The van der Waals surface area contributed by atoms with Crippen molar-refractivity contribution in [2.45, 2.75) is 65.2 Å². The minimum atomic E-state index is -1.99. The number of H-pyrrole nitrogens is 1. The van der Waals surface area contributed by atoms with E-state index in [4.69, 9.17) is 4.43 Å². The normalized spacial score (nSPS) is 20.8. The van der Waals surface area contributed by atoms with Crippen LogP contribution in [-0.2, 0) is 9.22 Å². The lowest BCUT2D eigenvalue weighted by molar-refractivity contribution is -0.105. The number of aromatic amines is 1. The molecule has 1 aliphatic carbocycles. The Morgan fingerprint density at radius 2 is 2.00 bits per heavy atom. The highest BCUT2D eigenvalue weighted by Crippen LogP contribution is 2.45.